The Morgan fingerprint density at radius 2 is 2.09 bits per heavy atom. The summed E-state index contributed by atoms with van der Waals surface area (Å²) in [5, 5.41) is 13.5. The van der Waals surface area contributed by atoms with Crippen LogP contribution >= 0.6 is 22.6 Å². The van der Waals surface area contributed by atoms with Crippen LogP contribution in [0.5, 0.6) is 11.5 Å². The maximum atomic E-state index is 12.3. The number of nitrogens with one attached hydrogen (secondary N) is 2. The second kappa shape index (κ2) is 11.3. The minimum absolute atomic E-state index is 0.0521. The Labute approximate surface area is 199 Å². The SMILES string of the molecule is CCCCOc1c(I)cc(C=NNc2nc(-c3ccccc3)c(C#N)c(=O)[nH]2)cc1OC. The number of rotatable bonds is 9. The number of aromatic amines is 1. The molecule has 32 heavy (non-hydrogen) atoms. The molecular weight excluding hydrogens is 521 g/mol. The molecule has 8 nitrogen and oxygen atoms in total. The average Bonchev–Trinajstić information content (AvgIpc) is 2.80. The first kappa shape index (κ1) is 23.3. The fourth-order valence-electron chi connectivity index (χ4n) is 2.88. The lowest BCUT2D eigenvalue weighted by Crippen LogP contribution is -2.16. The molecule has 0 spiro atoms. The second-order valence-electron chi connectivity index (χ2n) is 6.72. The number of methoxy groups -OCH3 is 1. The second-order valence-corrected chi connectivity index (χ2v) is 7.88. The number of anilines is 1. The Bertz CT molecular complexity index is 1200. The van der Waals surface area contributed by atoms with E-state index in [1.807, 2.05) is 36.4 Å². The molecule has 2 aromatic carbocycles. The first-order valence-electron chi connectivity index (χ1n) is 9.96. The number of nitriles is 1. The van der Waals surface area contributed by atoms with E-state index in [-0.39, 0.29) is 11.5 Å². The summed E-state index contributed by atoms with van der Waals surface area (Å²) >= 11 is 2.20. The highest BCUT2D eigenvalue weighted by Gasteiger charge is 2.13. The fourth-order valence-corrected chi connectivity index (χ4v) is 3.66. The van der Waals surface area contributed by atoms with Crippen molar-refractivity contribution in [3.63, 3.8) is 0 Å². The van der Waals surface area contributed by atoms with Gasteiger partial charge in [-0.3, -0.25) is 9.78 Å². The van der Waals surface area contributed by atoms with Crippen molar-refractivity contribution < 1.29 is 9.47 Å². The highest BCUT2D eigenvalue weighted by atomic mass is 127. The van der Waals surface area contributed by atoms with E-state index in [0.29, 0.717) is 29.4 Å². The Kier molecular flexibility index (Phi) is 8.21. The molecule has 0 aliphatic heterocycles. The molecule has 0 radical (unpaired) electrons. The summed E-state index contributed by atoms with van der Waals surface area (Å²) in [5.74, 6) is 1.45. The lowest BCUT2D eigenvalue weighted by atomic mass is 10.1. The van der Waals surface area contributed by atoms with Crippen LogP contribution in [-0.4, -0.2) is 29.9 Å². The molecule has 9 heteroatoms. The Hall–Kier alpha value is -3.39. The summed E-state index contributed by atoms with van der Waals surface area (Å²) in [7, 11) is 1.59. The number of benzene rings is 2. The van der Waals surface area contributed by atoms with Crippen LogP contribution in [0.2, 0.25) is 0 Å². The van der Waals surface area contributed by atoms with Crippen LogP contribution in [0.1, 0.15) is 30.9 Å². The predicted octanol–water partition coefficient (Wildman–Crippen LogP) is 4.55. The molecule has 1 heterocycles. The van der Waals surface area contributed by atoms with Gasteiger partial charge < -0.3 is 9.47 Å². The molecule has 0 aliphatic carbocycles. The summed E-state index contributed by atoms with van der Waals surface area (Å²) in [6.45, 7) is 2.73. The van der Waals surface area contributed by atoms with Gasteiger partial charge >= 0.3 is 0 Å². The van der Waals surface area contributed by atoms with Gasteiger partial charge in [0.25, 0.3) is 5.56 Å². The van der Waals surface area contributed by atoms with E-state index in [1.54, 1.807) is 25.5 Å². The molecule has 0 amide bonds. The molecule has 0 bridgehead atoms. The average molecular weight is 543 g/mol. The number of aromatic nitrogens is 2. The van der Waals surface area contributed by atoms with Crippen LogP contribution in [0.25, 0.3) is 11.3 Å². The van der Waals surface area contributed by atoms with Gasteiger partial charge in [0.05, 0.1) is 29.2 Å². The van der Waals surface area contributed by atoms with Crippen molar-refractivity contribution in [1.29, 1.82) is 5.26 Å². The first-order valence-corrected chi connectivity index (χ1v) is 11.0. The largest absolute Gasteiger partial charge is 0.493 e. The molecule has 0 fully saturated rings. The van der Waals surface area contributed by atoms with Crippen molar-refractivity contribution in [1.82, 2.24) is 9.97 Å². The third kappa shape index (κ3) is 5.64. The van der Waals surface area contributed by atoms with Crippen molar-refractivity contribution in [3.8, 4) is 28.8 Å². The number of hydrogen-bond donors (Lipinski definition) is 2. The van der Waals surface area contributed by atoms with Crippen LogP contribution in [0.4, 0.5) is 5.95 Å². The van der Waals surface area contributed by atoms with Gasteiger partial charge in [-0.2, -0.15) is 10.4 Å². The number of unbranched alkanes of at least 4 members (excludes halogenated alkanes) is 1. The summed E-state index contributed by atoms with van der Waals surface area (Å²) in [6.07, 6.45) is 3.60. The van der Waals surface area contributed by atoms with E-state index in [0.717, 1.165) is 22.0 Å². The molecular formula is C23H22IN5O3. The van der Waals surface area contributed by atoms with Gasteiger partial charge in [0, 0.05) is 5.56 Å². The van der Waals surface area contributed by atoms with Crippen molar-refractivity contribution in [3.05, 3.63) is 67.5 Å². The van der Waals surface area contributed by atoms with Crippen LogP contribution in [-0.2, 0) is 0 Å². The van der Waals surface area contributed by atoms with Gasteiger partial charge in [0.15, 0.2) is 11.5 Å². The Morgan fingerprint density at radius 3 is 2.78 bits per heavy atom. The fraction of sp³-hybridized carbons (Fsp3) is 0.217. The Balaban J connectivity index is 1.83. The third-order valence-corrected chi connectivity index (χ3v) is 5.26. The van der Waals surface area contributed by atoms with Crippen LogP contribution in [0.15, 0.2) is 52.4 Å². The number of nitrogens with zero attached hydrogens (tertiary/aromatic N) is 3. The highest BCUT2D eigenvalue weighted by Crippen LogP contribution is 2.33. The van der Waals surface area contributed by atoms with Gasteiger partial charge in [-0.15, -0.1) is 0 Å². The maximum Gasteiger partial charge on any atom is 0.270 e. The van der Waals surface area contributed by atoms with E-state index >= 15 is 0 Å². The zero-order valence-corrected chi connectivity index (χ0v) is 19.8. The quantitative estimate of drug-likeness (QED) is 0.177. The van der Waals surface area contributed by atoms with Crippen molar-refractivity contribution in [2.24, 2.45) is 5.10 Å². The number of hydrogen-bond acceptors (Lipinski definition) is 7. The van der Waals surface area contributed by atoms with E-state index in [4.69, 9.17) is 9.47 Å². The molecule has 0 aliphatic rings. The van der Waals surface area contributed by atoms with E-state index in [2.05, 4.69) is 50.0 Å². The minimum atomic E-state index is -0.538. The standard InChI is InChI=1S/C23H22IN5O3/c1-3-4-10-32-21-18(24)11-15(12-19(21)31-2)14-26-29-23-27-20(16-8-6-5-7-9-16)17(13-25)22(30)28-23/h5-9,11-12,14H,3-4,10H2,1-2H3,(H2,27,28,29,30). The number of halogens is 1. The van der Waals surface area contributed by atoms with Gasteiger partial charge in [-0.1, -0.05) is 43.7 Å². The number of hydrazone groups is 1. The normalized spacial score (nSPS) is 10.7. The van der Waals surface area contributed by atoms with E-state index in [9.17, 15) is 10.1 Å². The molecule has 0 saturated heterocycles. The van der Waals surface area contributed by atoms with Crippen LogP contribution in [0.3, 0.4) is 0 Å². The summed E-state index contributed by atoms with van der Waals surface area (Å²) in [6, 6.07) is 14.7. The first-order chi connectivity index (χ1) is 15.6. The lowest BCUT2D eigenvalue weighted by Gasteiger charge is -2.13. The monoisotopic (exact) mass is 543 g/mol. The molecule has 0 unspecified atom stereocenters. The summed E-state index contributed by atoms with van der Waals surface area (Å²) in [5.41, 5.74) is 3.87. The smallest absolute Gasteiger partial charge is 0.270 e. The van der Waals surface area contributed by atoms with Gasteiger partial charge in [0.2, 0.25) is 5.95 Å². The van der Waals surface area contributed by atoms with E-state index < -0.39 is 5.56 Å². The van der Waals surface area contributed by atoms with Gasteiger partial charge in [0.1, 0.15) is 11.6 Å². The zero-order valence-electron chi connectivity index (χ0n) is 17.7. The molecule has 3 rings (SSSR count). The minimum Gasteiger partial charge on any atom is -0.493 e. The third-order valence-electron chi connectivity index (χ3n) is 4.46. The molecule has 2 N–H and O–H groups in total. The van der Waals surface area contributed by atoms with Crippen molar-refractivity contribution >= 4 is 34.8 Å². The number of ether oxygens (including phenoxy) is 2. The van der Waals surface area contributed by atoms with Crippen molar-refractivity contribution in [2.45, 2.75) is 19.8 Å². The highest BCUT2D eigenvalue weighted by molar-refractivity contribution is 14.1. The van der Waals surface area contributed by atoms with Crippen LogP contribution < -0.4 is 20.5 Å². The van der Waals surface area contributed by atoms with E-state index in [1.165, 1.54) is 0 Å². The number of H-pyrrole nitrogens is 1. The van der Waals surface area contributed by atoms with Crippen LogP contribution in [0, 0.1) is 14.9 Å². The maximum absolute atomic E-state index is 12.3. The van der Waals surface area contributed by atoms with Gasteiger partial charge in [-0.05, 0) is 46.7 Å². The molecule has 0 saturated carbocycles. The predicted molar refractivity (Wildman–Crippen MR) is 132 cm³/mol. The molecule has 0 atom stereocenters. The van der Waals surface area contributed by atoms with Gasteiger partial charge in [-0.25, -0.2) is 10.4 Å². The molecule has 1 aromatic heterocycles. The molecule has 164 valence electrons. The summed E-state index contributed by atoms with van der Waals surface area (Å²) < 4.78 is 12.2. The zero-order chi connectivity index (χ0) is 22.9. The van der Waals surface area contributed by atoms with Crippen molar-refractivity contribution in [2.75, 3.05) is 19.1 Å². The summed E-state index contributed by atoms with van der Waals surface area (Å²) in [4.78, 5) is 19.2. The Morgan fingerprint density at radius 1 is 1.31 bits per heavy atom. The topological polar surface area (TPSA) is 112 Å². The lowest BCUT2D eigenvalue weighted by molar-refractivity contribution is 0.286. The molecule has 3 aromatic rings.